The number of fused-ring (bicyclic) bond motifs is 13. The van der Waals surface area contributed by atoms with Crippen molar-refractivity contribution < 1.29 is 8.83 Å². The summed E-state index contributed by atoms with van der Waals surface area (Å²) < 4.78 is 13.3. The molecule has 0 saturated carbocycles. The van der Waals surface area contributed by atoms with Gasteiger partial charge in [-0.25, -0.2) is 9.97 Å². The first-order valence-corrected chi connectivity index (χ1v) is 18.2. The molecule has 4 nitrogen and oxygen atoms in total. The average molecular weight is 689 g/mol. The Hall–Kier alpha value is -7.30. The van der Waals surface area contributed by atoms with E-state index < -0.39 is 0 Å². The fourth-order valence-corrected chi connectivity index (χ4v) is 8.52. The van der Waals surface area contributed by atoms with Crippen molar-refractivity contribution >= 4 is 87.1 Å². The maximum absolute atomic E-state index is 6.78. The van der Waals surface area contributed by atoms with Gasteiger partial charge in [0.25, 0.3) is 0 Å². The third-order valence-corrected chi connectivity index (χ3v) is 11.0. The molecule has 0 spiro atoms. The molecule has 0 N–H and O–H groups in total. The predicted molar refractivity (Wildman–Crippen MR) is 223 cm³/mol. The van der Waals surface area contributed by atoms with Crippen LogP contribution in [-0.2, 0) is 0 Å². The van der Waals surface area contributed by atoms with Crippen molar-refractivity contribution in [3.8, 4) is 33.8 Å². The zero-order chi connectivity index (χ0) is 35.3. The zero-order valence-electron chi connectivity index (χ0n) is 28.9. The second-order valence-electron chi connectivity index (χ2n) is 14.1. The van der Waals surface area contributed by atoms with E-state index in [0.29, 0.717) is 11.4 Å². The van der Waals surface area contributed by atoms with Gasteiger partial charge in [0.2, 0.25) is 0 Å². The standard InChI is InChI=1S/C50H28N2O2/c1-2-12-29(13-3-1)47-49-48(39-20-10-11-21-43(39)54-49)52-50(51-47)42-26-33(28-45-46(42)41-25-30-14-4-5-15-31(30)27-44(41)53-45)32-22-23-38-36-18-7-6-16-34(36)35-17-8-9-19-37(35)40(38)24-32/h1-28H. The van der Waals surface area contributed by atoms with Crippen molar-refractivity contribution in [1.82, 2.24) is 9.97 Å². The van der Waals surface area contributed by atoms with Crippen LogP contribution in [0.25, 0.3) is 121 Å². The summed E-state index contributed by atoms with van der Waals surface area (Å²) in [7, 11) is 0. The van der Waals surface area contributed by atoms with E-state index in [2.05, 4.69) is 133 Å². The Labute approximate surface area is 308 Å². The van der Waals surface area contributed by atoms with Gasteiger partial charge < -0.3 is 8.83 Å². The van der Waals surface area contributed by atoms with Crippen LogP contribution in [0.5, 0.6) is 0 Å². The van der Waals surface area contributed by atoms with Gasteiger partial charge in [-0.2, -0.15) is 0 Å². The molecule has 0 amide bonds. The van der Waals surface area contributed by atoms with E-state index in [1.54, 1.807) is 0 Å². The van der Waals surface area contributed by atoms with Crippen molar-refractivity contribution in [1.29, 1.82) is 0 Å². The molecule has 0 unspecified atom stereocenters. The molecule has 12 rings (SSSR count). The van der Waals surface area contributed by atoms with Gasteiger partial charge in [0, 0.05) is 27.3 Å². The molecule has 0 aliphatic carbocycles. The quantitative estimate of drug-likeness (QED) is 0.173. The summed E-state index contributed by atoms with van der Waals surface area (Å²) >= 11 is 0. The highest BCUT2D eigenvalue weighted by Crippen LogP contribution is 2.44. The van der Waals surface area contributed by atoms with Crippen molar-refractivity contribution in [3.05, 3.63) is 170 Å². The first-order valence-electron chi connectivity index (χ1n) is 18.2. The van der Waals surface area contributed by atoms with Crippen LogP contribution in [0.2, 0.25) is 0 Å². The molecule has 3 heterocycles. The number of para-hydroxylation sites is 1. The molecule has 4 heteroatoms. The van der Waals surface area contributed by atoms with Crippen LogP contribution in [0.3, 0.4) is 0 Å². The van der Waals surface area contributed by atoms with E-state index in [9.17, 15) is 0 Å². The van der Waals surface area contributed by atoms with E-state index in [0.717, 1.165) is 77.1 Å². The maximum Gasteiger partial charge on any atom is 0.180 e. The van der Waals surface area contributed by atoms with E-state index in [4.69, 9.17) is 18.8 Å². The summed E-state index contributed by atoms with van der Waals surface area (Å²) in [5.74, 6) is 0.618. The van der Waals surface area contributed by atoms with Gasteiger partial charge in [0.05, 0.1) is 0 Å². The van der Waals surface area contributed by atoms with Crippen LogP contribution in [0.4, 0.5) is 0 Å². The Morgan fingerprint density at radius 3 is 1.74 bits per heavy atom. The van der Waals surface area contributed by atoms with E-state index >= 15 is 0 Å². The third-order valence-electron chi connectivity index (χ3n) is 11.0. The zero-order valence-corrected chi connectivity index (χ0v) is 28.9. The Kier molecular flexibility index (Phi) is 6.02. The van der Waals surface area contributed by atoms with Crippen molar-refractivity contribution in [2.75, 3.05) is 0 Å². The minimum atomic E-state index is 0.618. The molecule has 250 valence electrons. The highest BCUT2D eigenvalue weighted by molar-refractivity contribution is 6.26. The van der Waals surface area contributed by atoms with Gasteiger partial charge in [-0.3, -0.25) is 0 Å². The number of hydrogen-bond acceptors (Lipinski definition) is 4. The van der Waals surface area contributed by atoms with Crippen LogP contribution in [0, 0.1) is 0 Å². The van der Waals surface area contributed by atoms with Crippen molar-refractivity contribution in [2.24, 2.45) is 0 Å². The Balaban J connectivity index is 1.19. The monoisotopic (exact) mass is 688 g/mol. The lowest BCUT2D eigenvalue weighted by Crippen LogP contribution is -1.95. The molecule has 0 fully saturated rings. The molecule has 0 aliphatic rings. The van der Waals surface area contributed by atoms with Crippen molar-refractivity contribution in [3.63, 3.8) is 0 Å². The number of nitrogens with zero attached hydrogens (tertiary/aromatic N) is 2. The molecule has 12 aromatic rings. The Morgan fingerprint density at radius 2 is 0.981 bits per heavy atom. The summed E-state index contributed by atoms with van der Waals surface area (Å²) in [5, 5.41) is 12.7. The second-order valence-corrected chi connectivity index (χ2v) is 14.1. The highest BCUT2D eigenvalue weighted by atomic mass is 16.3. The fourth-order valence-electron chi connectivity index (χ4n) is 8.52. The van der Waals surface area contributed by atoms with Gasteiger partial charge in [0.15, 0.2) is 11.4 Å². The number of hydrogen-bond donors (Lipinski definition) is 0. The molecular formula is C50H28N2O2. The fraction of sp³-hybridized carbons (Fsp3) is 0. The summed E-state index contributed by atoms with van der Waals surface area (Å²) in [4.78, 5) is 10.7. The number of furan rings is 2. The van der Waals surface area contributed by atoms with Crippen LogP contribution in [-0.4, -0.2) is 9.97 Å². The van der Waals surface area contributed by atoms with Gasteiger partial charge in [-0.15, -0.1) is 0 Å². The largest absolute Gasteiger partial charge is 0.456 e. The van der Waals surface area contributed by atoms with Gasteiger partial charge >= 0.3 is 0 Å². The highest BCUT2D eigenvalue weighted by Gasteiger charge is 2.22. The second kappa shape index (κ2) is 11.1. The third kappa shape index (κ3) is 4.25. The normalized spacial score (nSPS) is 12.1. The van der Waals surface area contributed by atoms with Crippen LogP contribution in [0.15, 0.2) is 179 Å². The Morgan fingerprint density at radius 1 is 0.352 bits per heavy atom. The van der Waals surface area contributed by atoms with Crippen LogP contribution < -0.4 is 0 Å². The predicted octanol–water partition coefficient (Wildman–Crippen LogP) is 13.9. The summed E-state index contributed by atoms with van der Waals surface area (Å²) in [6.07, 6.45) is 0. The molecule has 9 aromatic carbocycles. The molecule has 0 bridgehead atoms. The Bertz CT molecular complexity index is 3470. The molecule has 0 saturated heterocycles. The van der Waals surface area contributed by atoms with E-state index in [-0.39, 0.29) is 0 Å². The lowest BCUT2D eigenvalue weighted by atomic mass is 9.91. The minimum Gasteiger partial charge on any atom is -0.456 e. The molecule has 0 radical (unpaired) electrons. The molecular weight excluding hydrogens is 661 g/mol. The van der Waals surface area contributed by atoms with Crippen LogP contribution >= 0.6 is 0 Å². The number of benzene rings is 9. The van der Waals surface area contributed by atoms with Crippen LogP contribution in [0.1, 0.15) is 0 Å². The summed E-state index contributed by atoms with van der Waals surface area (Å²) in [6.45, 7) is 0. The molecule has 0 aliphatic heterocycles. The first kappa shape index (κ1) is 29.3. The smallest absolute Gasteiger partial charge is 0.180 e. The number of rotatable bonds is 3. The van der Waals surface area contributed by atoms with Gasteiger partial charge in [-0.05, 0) is 96.7 Å². The van der Waals surface area contributed by atoms with E-state index in [1.807, 2.05) is 36.4 Å². The molecule has 54 heavy (non-hydrogen) atoms. The molecule has 0 atom stereocenters. The lowest BCUT2D eigenvalue weighted by molar-refractivity contribution is 0.667. The summed E-state index contributed by atoms with van der Waals surface area (Å²) in [5.41, 5.74) is 8.62. The first-order chi connectivity index (χ1) is 26.7. The molecule has 3 aromatic heterocycles. The minimum absolute atomic E-state index is 0.618. The lowest BCUT2D eigenvalue weighted by Gasteiger charge is -2.13. The topological polar surface area (TPSA) is 52.1 Å². The SMILES string of the molecule is c1ccc(-c2nc(-c3cc(-c4ccc5c6ccccc6c6ccccc6c5c4)cc4oc5cc6ccccc6cc5c34)nc3c2oc2ccccc23)cc1. The van der Waals surface area contributed by atoms with E-state index in [1.165, 1.54) is 32.3 Å². The maximum atomic E-state index is 6.78. The van der Waals surface area contributed by atoms with Crippen molar-refractivity contribution in [2.45, 2.75) is 0 Å². The average Bonchev–Trinajstić information content (AvgIpc) is 3.80. The summed E-state index contributed by atoms with van der Waals surface area (Å²) in [6, 6.07) is 59.8. The van der Waals surface area contributed by atoms with Gasteiger partial charge in [-0.1, -0.05) is 127 Å². The number of aromatic nitrogens is 2. The van der Waals surface area contributed by atoms with Gasteiger partial charge in [0.1, 0.15) is 28.0 Å².